The maximum absolute atomic E-state index is 10.7. The zero-order valence-electron chi connectivity index (χ0n) is 8.15. The summed E-state index contributed by atoms with van der Waals surface area (Å²) in [5, 5.41) is 0. The number of rotatable bonds is 5. The van der Waals surface area contributed by atoms with Gasteiger partial charge in [0.25, 0.3) is 0 Å². The van der Waals surface area contributed by atoms with E-state index in [4.69, 9.17) is 4.74 Å². The van der Waals surface area contributed by atoms with Gasteiger partial charge in [0, 0.05) is 4.90 Å². The van der Waals surface area contributed by atoms with Crippen LogP contribution in [0.15, 0.2) is 29.2 Å². The molecule has 0 fully saturated rings. The highest BCUT2D eigenvalue weighted by atomic mass is 33.1. The Kier molecular flexibility index (Phi) is 4.90. The van der Waals surface area contributed by atoms with Crippen LogP contribution in [0.3, 0.4) is 0 Å². The molecule has 1 aromatic carbocycles. The van der Waals surface area contributed by atoms with Crippen LogP contribution in [0.4, 0.5) is 0 Å². The standard InChI is InChI=1S/C10H12O2S2/c1-8(11)7-13-14-10-5-3-9(12-2)4-6-10/h3-6H,7H2,1-2H3/i7+1,8+1. The van der Waals surface area contributed by atoms with E-state index in [0.29, 0.717) is 5.75 Å². The number of carbonyl (C=O) groups excluding carboxylic acids is 1. The van der Waals surface area contributed by atoms with Gasteiger partial charge in [-0.05, 0) is 31.2 Å². The van der Waals surface area contributed by atoms with Crippen LogP contribution in [0.1, 0.15) is 6.92 Å². The van der Waals surface area contributed by atoms with E-state index in [-0.39, 0.29) is 5.78 Å². The largest absolute Gasteiger partial charge is 0.497 e. The Morgan fingerprint density at radius 2 is 2.00 bits per heavy atom. The quantitative estimate of drug-likeness (QED) is 0.573. The molecule has 14 heavy (non-hydrogen) atoms. The van der Waals surface area contributed by atoms with Crippen molar-refractivity contribution in [3.63, 3.8) is 0 Å². The first-order valence-electron chi connectivity index (χ1n) is 4.15. The summed E-state index contributed by atoms with van der Waals surface area (Å²) >= 11 is 0. The minimum Gasteiger partial charge on any atom is -0.497 e. The first-order chi connectivity index (χ1) is 6.72. The minimum atomic E-state index is 0.205. The molecule has 0 amide bonds. The van der Waals surface area contributed by atoms with Crippen molar-refractivity contribution < 1.29 is 9.53 Å². The molecule has 0 saturated carbocycles. The van der Waals surface area contributed by atoms with E-state index in [1.807, 2.05) is 24.3 Å². The molecule has 1 rings (SSSR count). The molecule has 76 valence electrons. The molecule has 0 heterocycles. The van der Waals surface area contributed by atoms with E-state index in [1.54, 1.807) is 35.6 Å². The highest BCUT2D eigenvalue weighted by molar-refractivity contribution is 8.76. The second kappa shape index (κ2) is 5.98. The van der Waals surface area contributed by atoms with Crippen LogP contribution in [-0.4, -0.2) is 18.6 Å². The molecule has 4 heteroatoms. The topological polar surface area (TPSA) is 26.3 Å². The van der Waals surface area contributed by atoms with Gasteiger partial charge in [-0.3, -0.25) is 4.79 Å². The third-order valence-electron chi connectivity index (χ3n) is 1.48. The zero-order chi connectivity index (χ0) is 10.4. The van der Waals surface area contributed by atoms with Gasteiger partial charge in [-0.15, -0.1) is 0 Å². The summed E-state index contributed by atoms with van der Waals surface area (Å²) in [5.41, 5.74) is 0. The highest BCUT2D eigenvalue weighted by Crippen LogP contribution is 2.31. The van der Waals surface area contributed by atoms with Crippen molar-refractivity contribution in [3.8, 4) is 5.75 Å². The molecule has 0 aliphatic heterocycles. The van der Waals surface area contributed by atoms with Crippen molar-refractivity contribution in [2.24, 2.45) is 0 Å². The Hall–Kier alpha value is -0.610. The van der Waals surface area contributed by atoms with Crippen molar-refractivity contribution in [3.05, 3.63) is 24.3 Å². The predicted molar refractivity (Wildman–Crippen MR) is 62.0 cm³/mol. The van der Waals surface area contributed by atoms with E-state index < -0.39 is 0 Å². The lowest BCUT2D eigenvalue weighted by atomic mass is 10.3. The second-order valence-corrected chi connectivity index (χ2v) is 5.09. The maximum Gasteiger partial charge on any atom is 0.140 e. The van der Waals surface area contributed by atoms with Crippen LogP contribution in [0, 0.1) is 0 Å². The van der Waals surface area contributed by atoms with Crippen LogP contribution in [0.2, 0.25) is 0 Å². The van der Waals surface area contributed by atoms with Crippen LogP contribution >= 0.6 is 21.6 Å². The molecular formula is C10H12O2S2. The number of ketones is 1. The third kappa shape index (κ3) is 4.07. The number of Topliss-reactive ketones (excluding diaryl/α,β-unsaturated/α-hetero) is 1. The summed E-state index contributed by atoms with van der Waals surface area (Å²) in [4.78, 5) is 11.8. The summed E-state index contributed by atoms with van der Waals surface area (Å²) in [6, 6.07) is 7.79. The van der Waals surface area contributed by atoms with Gasteiger partial charge in [0.1, 0.15) is 11.5 Å². The fourth-order valence-corrected chi connectivity index (χ4v) is 2.84. The highest BCUT2D eigenvalue weighted by Gasteiger charge is 1.97. The number of ether oxygens (including phenoxy) is 1. The molecule has 0 aliphatic carbocycles. The van der Waals surface area contributed by atoms with Crippen molar-refractivity contribution in [1.29, 1.82) is 0 Å². The number of hydrogen-bond donors (Lipinski definition) is 0. The van der Waals surface area contributed by atoms with Crippen LogP contribution in [-0.2, 0) is 4.79 Å². The first-order valence-corrected chi connectivity index (χ1v) is 6.47. The Bertz CT molecular complexity index is 295. The number of hydrogen-bond acceptors (Lipinski definition) is 4. The Balaban J connectivity index is 2.40. The number of benzene rings is 1. The van der Waals surface area contributed by atoms with Gasteiger partial charge in [0.15, 0.2) is 0 Å². The van der Waals surface area contributed by atoms with Crippen molar-refractivity contribution in [2.45, 2.75) is 11.8 Å². The van der Waals surface area contributed by atoms with E-state index in [1.165, 1.54) is 0 Å². The van der Waals surface area contributed by atoms with Gasteiger partial charge in [-0.1, -0.05) is 21.6 Å². The Labute approximate surface area is 91.8 Å². The smallest absolute Gasteiger partial charge is 0.140 e. The van der Waals surface area contributed by atoms with E-state index >= 15 is 0 Å². The van der Waals surface area contributed by atoms with Gasteiger partial charge in [0.2, 0.25) is 0 Å². The van der Waals surface area contributed by atoms with Crippen molar-refractivity contribution >= 4 is 27.4 Å². The Morgan fingerprint density at radius 1 is 1.36 bits per heavy atom. The van der Waals surface area contributed by atoms with Crippen LogP contribution in [0.25, 0.3) is 0 Å². The molecule has 0 atom stereocenters. The van der Waals surface area contributed by atoms with Crippen LogP contribution < -0.4 is 4.74 Å². The lowest BCUT2D eigenvalue weighted by molar-refractivity contribution is -0.114. The van der Waals surface area contributed by atoms with Crippen molar-refractivity contribution in [2.75, 3.05) is 12.9 Å². The first kappa shape index (κ1) is 11.5. The monoisotopic (exact) mass is 230 g/mol. The average Bonchev–Trinajstić information content (AvgIpc) is 2.18. The Morgan fingerprint density at radius 3 is 2.50 bits per heavy atom. The van der Waals surface area contributed by atoms with Crippen molar-refractivity contribution in [1.82, 2.24) is 0 Å². The van der Waals surface area contributed by atoms with E-state index in [9.17, 15) is 4.79 Å². The molecule has 0 aromatic heterocycles. The lowest BCUT2D eigenvalue weighted by Crippen LogP contribution is -1.90. The third-order valence-corrected chi connectivity index (χ3v) is 3.87. The zero-order valence-corrected chi connectivity index (χ0v) is 9.78. The van der Waals surface area contributed by atoms with E-state index in [0.717, 1.165) is 10.6 Å². The van der Waals surface area contributed by atoms with Crippen LogP contribution in [0.5, 0.6) is 5.75 Å². The van der Waals surface area contributed by atoms with E-state index in [2.05, 4.69) is 0 Å². The van der Waals surface area contributed by atoms with Gasteiger partial charge >= 0.3 is 0 Å². The average molecular weight is 230 g/mol. The molecule has 0 spiro atoms. The number of carbonyl (C=O) groups is 1. The fourth-order valence-electron chi connectivity index (χ4n) is 0.812. The number of methoxy groups -OCH3 is 1. The predicted octanol–water partition coefficient (Wildman–Crippen LogP) is 3.02. The molecule has 0 N–H and O–H groups in total. The van der Waals surface area contributed by atoms with Gasteiger partial charge in [0.05, 0.1) is 12.9 Å². The summed E-state index contributed by atoms with van der Waals surface area (Å²) in [6.45, 7) is 1.60. The molecule has 2 nitrogen and oxygen atoms in total. The molecule has 0 radical (unpaired) electrons. The SMILES string of the molecule is COc1ccc(SS[13CH2][13C](C)=O)cc1. The molecule has 1 aromatic rings. The summed E-state index contributed by atoms with van der Waals surface area (Å²) < 4.78 is 5.04. The summed E-state index contributed by atoms with van der Waals surface area (Å²) in [5.74, 6) is 1.61. The molecule has 0 unspecified atom stereocenters. The molecule has 0 bridgehead atoms. The second-order valence-electron chi connectivity index (χ2n) is 2.72. The van der Waals surface area contributed by atoms with Gasteiger partial charge < -0.3 is 4.74 Å². The van der Waals surface area contributed by atoms with Gasteiger partial charge in [-0.2, -0.15) is 0 Å². The normalized spacial score (nSPS) is 9.86. The fraction of sp³-hybridized carbons (Fsp3) is 0.300. The molecular weight excluding hydrogens is 218 g/mol. The molecule has 0 saturated heterocycles. The maximum atomic E-state index is 10.7. The minimum absolute atomic E-state index is 0.205. The van der Waals surface area contributed by atoms with Gasteiger partial charge in [-0.25, -0.2) is 0 Å². The summed E-state index contributed by atoms with van der Waals surface area (Å²) in [7, 11) is 4.81. The molecule has 0 aliphatic rings. The summed E-state index contributed by atoms with van der Waals surface area (Å²) in [6.07, 6.45) is 0. The lowest BCUT2D eigenvalue weighted by Gasteiger charge is -2.01.